The highest BCUT2D eigenvalue weighted by Gasteiger charge is 2.50. The summed E-state index contributed by atoms with van der Waals surface area (Å²) in [5.41, 5.74) is -0.293. The van der Waals surface area contributed by atoms with Crippen LogP contribution in [-0.2, 0) is 23.8 Å². The van der Waals surface area contributed by atoms with Crippen molar-refractivity contribution in [1.82, 2.24) is 9.91 Å². The van der Waals surface area contributed by atoms with Crippen molar-refractivity contribution in [2.75, 3.05) is 38.6 Å². The zero-order valence-electron chi connectivity index (χ0n) is 37.8. The number of benzene rings is 2. The second kappa shape index (κ2) is 19.3. The molecule has 2 aromatic carbocycles. The summed E-state index contributed by atoms with van der Waals surface area (Å²) >= 11 is 0. The third kappa shape index (κ3) is 9.40. The number of hydrogen-bond acceptors (Lipinski definition) is 15. The molecule has 2 aromatic rings. The van der Waals surface area contributed by atoms with Gasteiger partial charge in [-0.25, -0.2) is 0 Å². The highest BCUT2D eigenvalue weighted by atomic mass is 16.7. The summed E-state index contributed by atoms with van der Waals surface area (Å²) in [6.45, 7) is 15.4. The molecular formula is C47H64N4O12. The Morgan fingerprint density at radius 3 is 2.22 bits per heavy atom. The Morgan fingerprint density at radius 1 is 0.921 bits per heavy atom. The van der Waals surface area contributed by atoms with Crippen LogP contribution in [0.5, 0.6) is 23.0 Å². The van der Waals surface area contributed by atoms with Crippen LogP contribution in [0.3, 0.4) is 0 Å². The third-order valence-corrected chi connectivity index (χ3v) is 13.5. The summed E-state index contributed by atoms with van der Waals surface area (Å²) < 4.78 is 23.7. The third-order valence-electron chi connectivity index (χ3n) is 13.5. The molecule has 1 saturated heterocycles. The topological polar surface area (TPSA) is 220 Å². The largest absolute Gasteiger partial charge is 0.507 e. The number of hydrazone groups is 1. The molecular weight excluding hydrogens is 813 g/mol. The average molecular weight is 877 g/mol. The zero-order chi connectivity index (χ0) is 46.1. The fraction of sp³-hybridized carbons (Fsp3) is 0.574. The van der Waals surface area contributed by atoms with Crippen molar-refractivity contribution in [2.45, 2.75) is 117 Å². The number of nitrogens with one attached hydrogen (secondary N) is 1. The lowest BCUT2D eigenvalue weighted by molar-refractivity contribution is -0.160. The number of esters is 1. The minimum absolute atomic E-state index is 0.0631. The number of carbonyl (C=O) groups excluding carboxylic acids is 3. The van der Waals surface area contributed by atoms with Crippen molar-refractivity contribution in [3.8, 4) is 23.0 Å². The van der Waals surface area contributed by atoms with Crippen molar-refractivity contribution >= 4 is 40.3 Å². The molecule has 0 aromatic heterocycles. The number of nitrogens with zero attached hydrogens (tertiary/aromatic N) is 3. The van der Waals surface area contributed by atoms with Crippen molar-refractivity contribution in [3.63, 3.8) is 0 Å². The lowest BCUT2D eigenvalue weighted by Crippen LogP contribution is -2.47. The number of hydrogen-bond donors (Lipinski definition) is 6. The van der Waals surface area contributed by atoms with E-state index in [2.05, 4.69) is 15.3 Å². The summed E-state index contributed by atoms with van der Waals surface area (Å²) in [6.07, 6.45) is 9.75. The van der Waals surface area contributed by atoms with E-state index >= 15 is 0 Å². The first-order valence-corrected chi connectivity index (χ1v) is 21.9. The van der Waals surface area contributed by atoms with Gasteiger partial charge in [0, 0.05) is 93.4 Å². The average Bonchev–Trinajstić information content (AvgIpc) is 3.89. The quantitative estimate of drug-likeness (QED) is 0.0926. The lowest BCUT2D eigenvalue weighted by atomic mass is 9.78. The van der Waals surface area contributed by atoms with Crippen LogP contribution >= 0.6 is 0 Å². The van der Waals surface area contributed by atoms with Crippen molar-refractivity contribution in [3.05, 3.63) is 52.8 Å². The standard InChI is InChI=1S/C47H64N4O12/c1-24-13-12-14-25(2)46(59)49-37-32(23-48-51-20-18-50(19-21-51)31-15-10-11-16-31)41(56)34-35(42(37)57)40(55)29(6)44-36(34)45(58)47(8,63-44)61-22-17-33(60-9)26(3)43(62-30(7)52)28(5)39(54)27(4)38(24)53/h12-14,17,22-24,26-28,31,33,38-39,43,53-57H,10-11,15-16,18-21H2,1-9H3,(H,49,59)/b13-12-,22-17-,25-14?,48-23?/t24-,26+,27+,28+,33-,38-,39+,43+,47-/m0/s1. The van der Waals surface area contributed by atoms with Gasteiger partial charge in [0.2, 0.25) is 0 Å². The van der Waals surface area contributed by atoms with Gasteiger partial charge in [0.1, 0.15) is 23.4 Å². The predicted octanol–water partition coefficient (Wildman–Crippen LogP) is 5.65. The highest BCUT2D eigenvalue weighted by molar-refractivity contribution is 6.23. The SMILES string of the molecule is CO[C@H]1/C=C\O[C@@]2(C)Oc3c(C)c(O)c4c(O)c(c(C=NN5CCN(C6CCCC6)CC5)c(O)c4c3C2=O)NC(=O)C(C)=C/C=C\[C@H](C)[C@H](O)[C@@H](C)[C@@H](O)[C@@H](C)[C@H](OC(C)=O)[C@@H]1C. The van der Waals surface area contributed by atoms with Gasteiger partial charge in [-0.3, -0.25) is 24.3 Å². The smallest absolute Gasteiger partial charge is 0.312 e. The number of amides is 1. The highest BCUT2D eigenvalue weighted by Crippen LogP contribution is 2.55. The molecule has 0 unspecified atom stereocenters. The van der Waals surface area contributed by atoms with Crippen LogP contribution in [0.1, 0.15) is 95.6 Å². The zero-order valence-corrected chi connectivity index (χ0v) is 37.8. The maximum Gasteiger partial charge on any atom is 0.312 e. The van der Waals surface area contributed by atoms with Crippen LogP contribution in [-0.4, -0.2) is 129 Å². The first-order valence-electron chi connectivity index (χ1n) is 21.9. The van der Waals surface area contributed by atoms with Gasteiger partial charge in [-0.1, -0.05) is 58.8 Å². The first-order chi connectivity index (χ1) is 29.8. The summed E-state index contributed by atoms with van der Waals surface area (Å²) in [5, 5.41) is 67.6. The molecule has 5 aliphatic rings. The van der Waals surface area contributed by atoms with Gasteiger partial charge in [0.15, 0.2) is 5.75 Å². The van der Waals surface area contributed by atoms with E-state index in [1.54, 1.807) is 39.8 Å². The van der Waals surface area contributed by atoms with E-state index in [1.165, 1.54) is 85.1 Å². The van der Waals surface area contributed by atoms with Gasteiger partial charge < -0.3 is 49.8 Å². The van der Waals surface area contributed by atoms with Crippen molar-refractivity contribution < 1.29 is 58.9 Å². The number of aliphatic hydroxyl groups excluding tert-OH is 2. The molecule has 7 rings (SSSR count). The number of phenols is 3. The number of methoxy groups -OCH3 is 1. The Balaban J connectivity index is 1.47. The Bertz CT molecular complexity index is 2190. The Morgan fingerprint density at radius 2 is 1.59 bits per heavy atom. The minimum Gasteiger partial charge on any atom is -0.507 e. The summed E-state index contributed by atoms with van der Waals surface area (Å²) in [4.78, 5) is 43.2. The fourth-order valence-electron chi connectivity index (χ4n) is 9.47. The number of aliphatic hydroxyl groups is 2. The molecule has 0 spiro atoms. The molecule has 5 bridgehead atoms. The number of piperazine rings is 1. The van der Waals surface area contributed by atoms with Crippen LogP contribution in [0.15, 0.2) is 41.2 Å². The Kier molecular flexibility index (Phi) is 14.5. The summed E-state index contributed by atoms with van der Waals surface area (Å²) in [5.74, 6) is -8.28. The molecule has 1 saturated carbocycles. The van der Waals surface area contributed by atoms with Gasteiger partial charge in [-0.2, -0.15) is 5.10 Å². The number of Topliss-reactive ketones (excluding diaryl/α,β-unsaturated/α-hetero) is 1. The van der Waals surface area contributed by atoms with E-state index in [0.717, 1.165) is 13.1 Å². The molecule has 0 radical (unpaired) electrons. The Labute approximate surface area is 368 Å². The maximum absolute atomic E-state index is 14.5. The maximum atomic E-state index is 14.5. The Hall–Kier alpha value is -5.16. The van der Waals surface area contributed by atoms with Crippen LogP contribution in [0.2, 0.25) is 0 Å². The molecule has 63 heavy (non-hydrogen) atoms. The molecule has 1 amide bonds. The van der Waals surface area contributed by atoms with Gasteiger partial charge in [-0.15, -0.1) is 0 Å². The van der Waals surface area contributed by atoms with E-state index < -0.39 is 88.8 Å². The minimum atomic E-state index is -2.04. The van der Waals surface area contributed by atoms with Crippen LogP contribution in [0.25, 0.3) is 10.8 Å². The normalized spacial score (nSPS) is 31.5. The molecule has 16 nitrogen and oxygen atoms in total. The second-order valence-electron chi connectivity index (χ2n) is 17.8. The van der Waals surface area contributed by atoms with E-state index in [4.69, 9.17) is 18.9 Å². The molecule has 344 valence electrons. The van der Waals surface area contributed by atoms with Crippen LogP contribution in [0, 0.1) is 30.6 Å². The van der Waals surface area contributed by atoms with Crippen LogP contribution in [0.4, 0.5) is 5.69 Å². The molecule has 2 fully saturated rings. The van der Waals surface area contributed by atoms with Crippen molar-refractivity contribution in [2.24, 2.45) is 28.8 Å². The van der Waals surface area contributed by atoms with Gasteiger partial charge in [-0.05, 0) is 32.8 Å². The predicted molar refractivity (Wildman–Crippen MR) is 237 cm³/mol. The number of ketones is 1. The summed E-state index contributed by atoms with van der Waals surface area (Å²) in [7, 11) is 1.44. The van der Waals surface area contributed by atoms with Gasteiger partial charge >= 0.3 is 11.8 Å². The van der Waals surface area contributed by atoms with Gasteiger partial charge in [0.25, 0.3) is 11.7 Å². The molecule has 4 aliphatic heterocycles. The van der Waals surface area contributed by atoms with Crippen LogP contribution < -0.4 is 10.1 Å². The molecule has 4 heterocycles. The molecule has 9 atom stereocenters. The lowest BCUT2D eigenvalue weighted by Gasteiger charge is -2.38. The van der Waals surface area contributed by atoms with E-state index in [1.807, 2.05) is 5.01 Å². The number of fused-ring (bicyclic) bond motifs is 14. The number of phenolic OH excluding ortho intramolecular Hbond substituents is 3. The number of ether oxygens (including phenoxy) is 4. The van der Waals surface area contributed by atoms with Gasteiger partial charge in [0.05, 0.1) is 53.0 Å². The fourth-order valence-corrected chi connectivity index (χ4v) is 9.47. The number of aromatic hydroxyl groups is 3. The summed E-state index contributed by atoms with van der Waals surface area (Å²) in [6, 6.07) is 0.553. The second-order valence-corrected chi connectivity index (χ2v) is 17.8. The van der Waals surface area contributed by atoms with E-state index in [9.17, 15) is 39.9 Å². The monoisotopic (exact) mass is 876 g/mol. The first kappa shape index (κ1) is 47.3. The number of rotatable bonds is 5. The number of carbonyl (C=O) groups is 3. The molecule has 6 N–H and O–H groups in total. The van der Waals surface area contributed by atoms with Crippen molar-refractivity contribution in [1.29, 1.82) is 0 Å². The van der Waals surface area contributed by atoms with E-state index in [-0.39, 0.29) is 44.5 Å². The molecule has 1 aliphatic carbocycles. The number of anilines is 1. The van der Waals surface area contributed by atoms with E-state index in [0.29, 0.717) is 19.1 Å². The number of allylic oxidation sites excluding steroid dienone is 2. The molecule has 16 heteroatoms.